The van der Waals surface area contributed by atoms with Crippen LogP contribution < -0.4 is 11.1 Å². The number of amides is 1. The van der Waals surface area contributed by atoms with E-state index in [1.54, 1.807) is 24.3 Å². The van der Waals surface area contributed by atoms with Crippen molar-refractivity contribution in [3.05, 3.63) is 47.3 Å². The van der Waals surface area contributed by atoms with Crippen LogP contribution >= 0.6 is 0 Å². The number of ether oxygens (including phenoxy) is 1. The molecule has 0 aliphatic carbocycles. The van der Waals surface area contributed by atoms with Crippen LogP contribution in [0.25, 0.3) is 5.69 Å². The van der Waals surface area contributed by atoms with Gasteiger partial charge in [-0.3, -0.25) is 4.79 Å². The molecule has 0 radical (unpaired) electrons. The third-order valence-electron chi connectivity index (χ3n) is 4.56. The number of esters is 1. The summed E-state index contributed by atoms with van der Waals surface area (Å²) in [5, 5.41) is 12.1. The van der Waals surface area contributed by atoms with Crippen LogP contribution in [0.15, 0.2) is 30.5 Å². The van der Waals surface area contributed by atoms with Crippen molar-refractivity contribution in [2.75, 3.05) is 39.0 Å². The van der Waals surface area contributed by atoms with Crippen LogP contribution in [0.5, 0.6) is 0 Å². The third kappa shape index (κ3) is 4.50. The Hall–Kier alpha value is -3.31. The molecule has 3 N–H and O–H groups in total. The number of nitrogens with one attached hydrogen (secondary N) is 1. The molecule has 1 aromatic heterocycles. The van der Waals surface area contributed by atoms with Crippen molar-refractivity contribution < 1.29 is 14.3 Å². The Morgan fingerprint density at radius 1 is 1.25 bits per heavy atom. The Balaban J connectivity index is 2.18. The molecule has 1 amide bonds. The normalized spacial score (nSPS) is 10.5. The molecule has 1 aromatic carbocycles. The van der Waals surface area contributed by atoms with Gasteiger partial charge in [0.25, 0.3) is 5.91 Å². The second kappa shape index (κ2) is 9.58. The molecule has 2 rings (SSSR count). The van der Waals surface area contributed by atoms with E-state index in [4.69, 9.17) is 10.5 Å². The van der Waals surface area contributed by atoms with Gasteiger partial charge in [-0.1, -0.05) is 13.8 Å². The molecule has 0 fully saturated rings. The van der Waals surface area contributed by atoms with E-state index in [0.717, 1.165) is 19.6 Å². The van der Waals surface area contributed by atoms with Gasteiger partial charge in [0, 0.05) is 30.5 Å². The summed E-state index contributed by atoms with van der Waals surface area (Å²) >= 11 is 0. The van der Waals surface area contributed by atoms with E-state index in [1.807, 2.05) is 6.07 Å². The third-order valence-corrected chi connectivity index (χ3v) is 4.56. The largest absolute Gasteiger partial charge is 0.464 e. The monoisotopic (exact) mass is 383 g/mol. The van der Waals surface area contributed by atoms with Gasteiger partial charge in [0.2, 0.25) is 0 Å². The van der Waals surface area contributed by atoms with Gasteiger partial charge in [-0.15, -0.1) is 0 Å². The molecule has 0 saturated carbocycles. The highest BCUT2D eigenvalue weighted by Gasteiger charge is 2.21. The molecule has 0 unspecified atom stereocenters. The number of methoxy groups -OCH3 is 1. The Morgan fingerprint density at radius 2 is 1.89 bits per heavy atom. The number of nitriles is 1. The standard InChI is InChI=1S/C20H25N5O3/c1-4-24(5-2)11-10-23-19(26)14-6-8-16(9-7-14)25-13-15(12-21)17(22)18(25)20(27)28-3/h6-9,13H,4-5,10-11,22H2,1-3H3,(H,23,26). The van der Waals surface area contributed by atoms with Crippen molar-refractivity contribution in [3.8, 4) is 11.8 Å². The first-order chi connectivity index (χ1) is 13.5. The van der Waals surface area contributed by atoms with Gasteiger partial charge < -0.3 is 25.3 Å². The lowest BCUT2D eigenvalue weighted by Gasteiger charge is -2.18. The molecule has 0 atom stereocenters. The number of carbonyl (C=O) groups is 2. The fourth-order valence-corrected chi connectivity index (χ4v) is 2.86. The first-order valence-electron chi connectivity index (χ1n) is 9.06. The molecule has 8 nitrogen and oxygen atoms in total. The molecule has 148 valence electrons. The van der Waals surface area contributed by atoms with Crippen LogP contribution in [-0.2, 0) is 4.74 Å². The molecular formula is C20H25N5O3. The van der Waals surface area contributed by atoms with Crippen molar-refractivity contribution in [3.63, 3.8) is 0 Å². The second-order valence-electron chi connectivity index (χ2n) is 6.11. The van der Waals surface area contributed by atoms with Gasteiger partial charge in [0.15, 0.2) is 5.69 Å². The lowest BCUT2D eigenvalue weighted by molar-refractivity contribution is 0.0592. The van der Waals surface area contributed by atoms with Crippen LogP contribution in [0.3, 0.4) is 0 Å². The number of nitrogen functional groups attached to an aromatic ring is 1. The Bertz CT molecular complexity index is 876. The molecule has 0 aliphatic heterocycles. The summed E-state index contributed by atoms with van der Waals surface area (Å²) in [6.45, 7) is 7.40. The van der Waals surface area contributed by atoms with E-state index in [-0.39, 0.29) is 22.9 Å². The zero-order chi connectivity index (χ0) is 20.7. The number of nitrogens with two attached hydrogens (primary N) is 1. The second-order valence-corrected chi connectivity index (χ2v) is 6.11. The lowest BCUT2D eigenvalue weighted by atomic mass is 10.2. The van der Waals surface area contributed by atoms with E-state index in [2.05, 4.69) is 24.1 Å². The van der Waals surface area contributed by atoms with E-state index >= 15 is 0 Å². The Kier molecular flexibility index (Phi) is 7.18. The van der Waals surface area contributed by atoms with Crippen molar-refractivity contribution in [1.29, 1.82) is 5.26 Å². The predicted molar refractivity (Wildman–Crippen MR) is 106 cm³/mol. The topological polar surface area (TPSA) is 113 Å². The summed E-state index contributed by atoms with van der Waals surface area (Å²) in [6, 6.07) is 8.64. The van der Waals surface area contributed by atoms with Crippen molar-refractivity contribution in [1.82, 2.24) is 14.8 Å². The molecule has 0 bridgehead atoms. The van der Waals surface area contributed by atoms with E-state index in [1.165, 1.54) is 17.9 Å². The number of nitrogens with zero attached hydrogens (tertiary/aromatic N) is 3. The maximum Gasteiger partial charge on any atom is 0.357 e. The number of carbonyl (C=O) groups excluding carboxylic acids is 2. The van der Waals surface area contributed by atoms with Crippen LogP contribution in [0.1, 0.15) is 40.3 Å². The summed E-state index contributed by atoms with van der Waals surface area (Å²) in [5.74, 6) is -0.811. The zero-order valence-corrected chi connectivity index (χ0v) is 16.4. The number of likely N-dealkylation sites (N-methyl/N-ethyl adjacent to an activating group) is 1. The summed E-state index contributed by atoms with van der Waals surface area (Å²) in [6.07, 6.45) is 1.47. The number of rotatable bonds is 8. The number of aromatic nitrogens is 1. The minimum Gasteiger partial charge on any atom is -0.464 e. The van der Waals surface area contributed by atoms with Crippen LogP contribution in [-0.4, -0.2) is 54.6 Å². The lowest BCUT2D eigenvalue weighted by Crippen LogP contribution is -2.34. The van der Waals surface area contributed by atoms with Gasteiger partial charge in [0.1, 0.15) is 6.07 Å². The van der Waals surface area contributed by atoms with Gasteiger partial charge in [0.05, 0.1) is 18.4 Å². The minimum atomic E-state index is -0.641. The molecule has 8 heteroatoms. The molecule has 1 heterocycles. The highest BCUT2D eigenvalue weighted by atomic mass is 16.5. The van der Waals surface area contributed by atoms with Gasteiger partial charge >= 0.3 is 5.97 Å². The summed E-state index contributed by atoms with van der Waals surface area (Å²) in [5.41, 5.74) is 7.31. The maximum atomic E-state index is 12.3. The maximum absolute atomic E-state index is 12.3. The first-order valence-corrected chi connectivity index (χ1v) is 9.06. The number of benzene rings is 1. The minimum absolute atomic E-state index is 0.0626. The summed E-state index contributed by atoms with van der Waals surface area (Å²) in [4.78, 5) is 26.6. The molecular weight excluding hydrogens is 358 g/mol. The highest BCUT2D eigenvalue weighted by Crippen LogP contribution is 2.24. The summed E-state index contributed by atoms with van der Waals surface area (Å²) in [7, 11) is 1.25. The smallest absolute Gasteiger partial charge is 0.357 e. The molecule has 28 heavy (non-hydrogen) atoms. The molecule has 0 saturated heterocycles. The van der Waals surface area contributed by atoms with Crippen LogP contribution in [0, 0.1) is 11.3 Å². The van der Waals surface area contributed by atoms with Crippen LogP contribution in [0.2, 0.25) is 0 Å². The van der Waals surface area contributed by atoms with E-state index in [0.29, 0.717) is 17.8 Å². The Morgan fingerprint density at radius 3 is 2.43 bits per heavy atom. The van der Waals surface area contributed by atoms with E-state index in [9.17, 15) is 14.9 Å². The van der Waals surface area contributed by atoms with Crippen molar-refractivity contribution >= 4 is 17.6 Å². The van der Waals surface area contributed by atoms with Crippen molar-refractivity contribution in [2.45, 2.75) is 13.8 Å². The predicted octanol–water partition coefficient (Wildman–Crippen LogP) is 1.79. The molecule has 0 spiro atoms. The average molecular weight is 383 g/mol. The quantitative estimate of drug-likeness (QED) is 0.672. The number of hydrogen-bond acceptors (Lipinski definition) is 6. The first kappa shape index (κ1) is 21.0. The summed E-state index contributed by atoms with van der Waals surface area (Å²) < 4.78 is 6.25. The van der Waals surface area contributed by atoms with Crippen LogP contribution in [0.4, 0.5) is 5.69 Å². The van der Waals surface area contributed by atoms with E-state index < -0.39 is 5.97 Å². The highest BCUT2D eigenvalue weighted by molar-refractivity contribution is 5.96. The number of anilines is 1. The fourth-order valence-electron chi connectivity index (χ4n) is 2.86. The number of hydrogen-bond donors (Lipinski definition) is 2. The Labute approximate surface area is 164 Å². The van der Waals surface area contributed by atoms with Gasteiger partial charge in [-0.25, -0.2) is 4.79 Å². The average Bonchev–Trinajstić information content (AvgIpc) is 3.06. The van der Waals surface area contributed by atoms with Crippen molar-refractivity contribution in [2.24, 2.45) is 0 Å². The van der Waals surface area contributed by atoms with Gasteiger partial charge in [-0.2, -0.15) is 5.26 Å². The molecule has 2 aromatic rings. The SMILES string of the molecule is CCN(CC)CCNC(=O)c1ccc(-n2cc(C#N)c(N)c2C(=O)OC)cc1. The zero-order valence-electron chi connectivity index (χ0n) is 16.4. The molecule has 0 aliphatic rings. The van der Waals surface area contributed by atoms with Gasteiger partial charge in [-0.05, 0) is 37.4 Å². The fraction of sp³-hybridized carbons (Fsp3) is 0.350.